The second-order valence-electron chi connectivity index (χ2n) is 6.09. The quantitative estimate of drug-likeness (QED) is 0.424. The van der Waals surface area contributed by atoms with E-state index in [1.165, 1.54) is 13.4 Å². The summed E-state index contributed by atoms with van der Waals surface area (Å²) in [4.78, 5) is 33.6. The molecule has 28 heavy (non-hydrogen) atoms. The number of alkyl halides is 2. The van der Waals surface area contributed by atoms with E-state index in [1.54, 1.807) is 6.20 Å². The number of esters is 1. The summed E-state index contributed by atoms with van der Waals surface area (Å²) in [7, 11) is 1.29. The summed E-state index contributed by atoms with van der Waals surface area (Å²) >= 11 is 11.8. The molecular weight excluding hydrogens is 403 g/mol. The number of benzene rings is 1. The van der Waals surface area contributed by atoms with Crippen LogP contribution in [0.2, 0.25) is 0 Å². The molecule has 0 aliphatic carbocycles. The van der Waals surface area contributed by atoms with Crippen LogP contribution in [0.4, 0.5) is 5.69 Å². The monoisotopic (exact) mass is 426 g/mol. The van der Waals surface area contributed by atoms with Gasteiger partial charge in [0, 0.05) is 48.8 Å². The first-order chi connectivity index (χ1) is 13.6. The lowest BCUT2D eigenvalue weighted by molar-refractivity contribution is -0.145. The molecule has 152 valence electrons. The largest absolute Gasteiger partial charge is 0.467 e. The average molecular weight is 427 g/mol. The number of H-pyrrole nitrogens is 1. The van der Waals surface area contributed by atoms with Gasteiger partial charge in [0.1, 0.15) is 6.04 Å². The number of ether oxygens (including phenoxy) is 1. The van der Waals surface area contributed by atoms with Gasteiger partial charge in [-0.1, -0.05) is 18.2 Å². The molecule has 1 heterocycles. The van der Waals surface area contributed by atoms with Crippen LogP contribution in [0.1, 0.15) is 11.3 Å². The molecule has 2 rings (SSSR count). The molecule has 2 N–H and O–H groups in total. The Balaban J connectivity index is 2.11. The van der Waals surface area contributed by atoms with E-state index >= 15 is 0 Å². The van der Waals surface area contributed by atoms with Gasteiger partial charge in [-0.05, 0) is 11.6 Å². The number of anilines is 1. The number of carbonyl (C=O) groups is 2. The first kappa shape index (κ1) is 22.0. The predicted molar refractivity (Wildman–Crippen MR) is 110 cm³/mol. The molecule has 1 amide bonds. The number of aromatic nitrogens is 2. The van der Waals surface area contributed by atoms with Crippen LogP contribution in [-0.4, -0.2) is 59.8 Å². The van der Waals surface area contributed by atoms with Crippen LogP contribution in [0.3, 0.4) is 0 Å². The predicted octanol–water partition coefficient (Wildman–Crippen LogP) is 2.14. The molecule has 0 fully saturated rings. The molecule has 1 aromatic heterocycles. The highest BCUT2D eigenvalue weighted by atomic mass is 35.5. The minimum absolute atomic E-state index is 0.119. The Labute approximate surface area is 174 Å². The third kappa shape index (κ3) is 6.42. The number of halogens is 2. The molecule has 0 aliphatic heterocycles. The summed E-state index contributed by atoms with van der Waals surface area (Å²) in [6, 6.07) is 6.79. The van der Waals surface area contributed by atoms with Crippen molar-refractivity contribution < 1.29 is 14.3 Å². The van der Waals surface area contributed by atoms with Gasteiger partial charge in [0.15, 0.2) is 0 Å². The molecule has 2 aromatic rings. The number of aromatic amines is 1. The smallest absolute Gasteiger partial charge is 0.328 e. The first-order valence-electron chi connectivity index (χ1n) is 8.88. The summed E-state index contributed by atoms with van der Waals surface area (Å²) in [6.07, 6.45) is 3.51. The second kappa shape index (κ2) is 11.6. The summed E-state index contributed by atoms with van der Waals surface area (Å²) in [5.74, 6) is 0.110. The van der Waals surface area contributed by atoms with Gasteiger partial charge in [0.05, 0.1) is 19.9 Å². The van der Waals surface area contributed by atoms with E-state index in [1.807, 2.05) is 29.2 Å². The van der Waals surface area contributed by atoms with Crippen molar-refractivity contribution in [3.63, 3.8) is 0 Å². The Morgan fingerprint density at radius 3 is 2.57 bits per heavy atom. The van der Waals surface area contributed by atoms with Crippen molar-refractivity contribution in [1.82, 2.24) is 15.3 Å². The fourth-order valence-corrected chi connectivity index (χ4v) is 3.30. The molecule has 0 spiro atoms. The van der Waals surface area contributed by atoms with Gasteiger partial charge in [0.25, 0.3) is 0 Å². The number of amides is 1. The number of nitrogens with zero attached hydrogens (tertiary/aromatic N) is 2. The maximum Gasteiger partial charge on any atom is 0.328 e. The van der Waals surface area contributed by atoms with Crippen LogP contribution in [-0.2, 0) is 27.2 Å². The Bertz CT molecular complexity index is 749. The molecule has 0 saturated carbocycles. The number of para-hydroxylation sites is 1. The lowest BCUT2D eigenvalue weighted by Gasteiger charge is -2.25. The number of hydrogen-bond acceptors (Lipinski definition) is 5. The van der Waals surface area contributed by atoms with Gasteiger partial charge in [0.2, 0.25) is 5.91 Å². The second-order valence-corrected chi connectivity index (χ2v) is 6.85. The van der Waals surface area contributed by atoms with Gasteiger partial charge in [-0.15, -0.1) is 23.2 Å². The van der Waals surface area contributed by atoms with Crippen molar-refractivity contribution >= 4 is 40.8 Å². The van der Waals surface area contributed by atoms with Crippen molar-refractivity contribution in [3.05, 3.63) is 48.0 Å². The topological polar surface area (TPSA) is 87.3 Å². The number of nitrogens with one attached hydrogen (secondary N) is 2. The minimum atomic E-state index is -0.799. The van der Waals surface area contributed by atoms with E-state index in [-0.39, 0.29) is 18.7 Å². The Hall–Kier alpha value is -2.25. The van der Waals surface area contributed by atoms with Crippen LogP contribution >= 0.6 is 23.2 Å². The molecule has 0 bridgehead atoms. The van der Waals surface area contributed by atoms with Gasteiger partial charge < -0.3 is 19.9 Å². The number of hydrogen-bond donors (Lipinski definition) is 2. The lowest BCUT2D eigenvalue weighted by Crippen LogP contribution is -2.44. The van der Waals surface area contributed by atoms with Crippen molar-refractivity contribution in [3.8, 4) is 0 Å². The highest BCUT2D eigenvalue weighted by Crippen LogP contribution is 2.21. The molecule has 7 nitrogen and oxygen atoms in total. The van der Waals surface area contributed by atoms with Crippen LogP contribution in [0.15, 0.2) is 36.8 Å². The zero-order chi connectivity index (χ0) is 20.4. The molecule has 0 radical (unpaired) electrons. The highest BCUT2D eigenvalue weighted by molar-refractivity contribution is 6.18. The normalized spacial score (nSPS) is 11.7. The molecule has 1 unspecified atom stereocenters. The van der Waals surface area contributed by atoms with Crippen LogP contribution in [0.5, 0.6) is 0 Å². The first-order valence-corrected chi connectivity index (χ1v) is 9.95. The van der Waals surface area contributed by atoms with E-state index in [9.17, 15) is 9.59 Å². The molecule has 1 aromatic carbocycles. The number of methoxy groups -OCH3 is 1. The molecule has 1 atom stereocenters. The van der Waals surface area contributed by atoms with Crippen molar-refractivity contribution in [2.45, 2.75) is 18.9 Å². The van der Waals surface area contributed by atoms with Crippen molar-refractivity contribution in [2.75, 3.05) is 36.9 Å². The van der Waals surface area contributed by atoms with Gasteiger partial charge in [-0.2, -0.15) is 0 Å². The summed E-state index contributed by atoms with van der Waals surface area (Å²) in [6.45, 7) is 1.25. The number of imidazole rings is 1. The van der Waals surface area contributed by atoms with Crippen molar-refractivity contribution in [1.29, 1.82) is 0 Å². The zero-order valence-electron chi connectivity index (χ0n) is 15.7. The van der Waals surface area contributed by atoms with E-state index in [2.05, 4.69) is 15.3 Å². The fourth-order valence-electron chi connectivity index (χ4n) is 2.90. The third-order valence-electron chi connectivity index (χ3n) is 4.19. The lowest BCUT2D eigenvalue weighted by atomic mass is 10.1. The maximum atomic E-state index is 12.6. The number of rotatable bonds is 11. The van der Waals surface area contributed by atoms with Gasteiger partial charge in [-0.3, -0.25) is 4.79 Å². The van der Waals surface area contributed by atoms with Crippen molar-refractivity contribution in [2.24, 2.45) is 0 Å². The maximum absolute atomic E-state index is 12.6. The highest BCUT2D eigenvalue weighted by Gasteiger charge is 2.23. The van der Waals surface area contributed by atoms with Gasteiger partial charge in [-0.25, -0.2) is 9.78 Å². The Kier molecular flexibility index (Phi) is 9.10. The number of carbonyl (C=O) groups excluding carboxylic acids is 2. The van der Waals surface area contributed by atoms with E-state index < -0.39 is 12.0 Å². The Morgan fingerprint density at radius 2 is 1.96 bits per heavy atom. The van der Waals surface area contributed by atoms with E-state index in [0.717, 1.165) is 16.9 Å². The van der Waals surface area contributed by atoms with Crippen LogP contribution < -0.4 is 10.2 Å². The summed E-state index contributed by atoms with van der Waals surface area (Å²) < 4.78 is 4.81. The van der Waals surface area contributed by atoms with Gasteiger partial charge >= 0.3 is 5.97 Å². The van der Waals surface area contributed by atoms with Crippen LogP contribution in [0.25, 0.3) is 0 Å². The Morgan fingerprint density at radius 1 is 1.25 bits per heavy atom. The average Bonchev–Trinajstić information content (AvgIpc) is 3.20. The standard InChI is InChI=1S/C19H24Cl2N4O3/c1-28-19(27)16(11-15-12-22-13-23-15)24-18(26)10-14-4-2-3-5-17(14)25(8-6-20)9-7-21/h2-5,12-13,16H,6-11H2,1H3,(H,22,23)(H,24,26). The zero-order valence-corrected chi connectivity index (χ0v) is 17.2. The molecule has 0 saturated heterocycles. The molecule has 0 aliphatic rings. The van der Waals surface area contributed by atoms with E-state index in [4.69, 9.17) is 27.9 Å². The summed E-state index contributed by atoms with van der Waals surface area (Å²) in [5, 5.41) is 2.75. The molecule has 9 heteroatoms. The minimum Gasteiger partial charge on any atom is -0.467 e. The fraction of sp³-hybridized carbons (Fsp3) is 0.421. The van der Waals surface area contributed by atoms with Crippen LogP contribution in [0, 0.1) is 0 Å². The summed E-state index contributed by atoms with van der Waals surface area (Å²) in [5.41, 5.74) is 2.47. The van der Waals surface area contributed by atoms with E-state index in [0.29, 0.717) is 24.8 Å². The SMILES string of the molecule is COC(=O)C(Cc1cnc[nH]1)NC(=O)Cc1ccccc1N(CCCl)CCCl. The third-order valence-corrected chi connectivity index (χ3v) is 4.53. The molecular formula is C19H24Cl2N4O3.